The van der Waals surface area contributed by atoms with Crippen molar-refractivity contribution in [1.29, 1.82) is 0 Å². The predicted molar refractivity (Wildman–Crippen MR) is 83.9 cm³/mol. The Labute approximate surface area is 123 Å². The number of nitrogens with zero attached hydrogens (tertiary/aromatic N) is 2. The number of hydrogen-bond donors (Lipinski definition) is 0. The fraction of sp³-hybridized carbons (Fsp3) is 0.333. The van der Waals surface area contributed by atoms with E-state index >= 15 is 0 Å². The molecule has 1 fully saturated rings. The first-order valence-corrected chi connectivity index (χ1v) is 7.41. The van der Waals surface area contributed by atoms with E-state index in [4.69, 9.17) is 4.74 Å². The Kier molecular flexibility index (Phi) is 4.84. The summed E-state index contributed by atoms with van der Waals surface area (Å²) in [5.74, 6) is 0.803. The van der Waals surface area contributed by atoms with Gasteiger partial charge in [0.15, 0.2) is 5.17 Å². The first kappa shape index (κ1) is 14.7. The molecule has 5 heteroatoms. The Morgan fingerprint density at radius 1 is 1.40 bits per heavy atom. The SMILES string of the molecule is CCN=C1S/C(=C/c2cccc(OC)c2)C(=O)N1CC. The van der Waals surface area contributed by atoms with Crippen molar-refractivity contribution < 1.29 is 9.53 Å². The van der Waals surface area contributed by atoms with Gasteiger partial charge in [0.25, 0.3) is 5.91 Å². The highest BCUT2D eigenvalue weighted by atomic mass is 32.2. The molecule has 4 nitrogen and oxygen atoms in total. The highest BCUT2D eigenvalue weighted by Crippen LogP contribution is 2.32. The predicted octanol–water partition coefficient (Wildman–Crippen LogP) is 3.01. The number of hydrogen-bond acceptors (Lipinski definition) is 4. The number of carbonyl (C=O) groups is 1. The standard InChI is InChI=1S/C15H18N2O2S/c1-4-16-15-17(5-2)14(18)13(20-15)10-11-7-6-8-12(9-11)19-3/h6-10H,4-5H2,1-3H3/b13-10+,16-15?. The van der Waals surface area contributed by atoms with E-state index in [0.717, 1.165) is 16.5 Å². The largest absolute Gasteiger partial charge is 0.497 e. The van der Waals surface area contributed by atoms with Crippen LogP contribution in [0.5, 0.6) is 5.75 Å². The highest BCUT2D eigenvalue weighted by molar-refractivity contribution is 8.18. The van der Waals surface area contributed by atoms with E-state index < -0.39 is 0 Å². The van der Waals surface area contributed by atoms with Crippen molar-refractivity contribution >= 4 is 28.9 Å². The Morgan fingerprint density at radius 3 is 2.85 bits per heavy atom. The Hall–Kier alpha value is -1.75. The third-order valence-corrected chi connectivity index (χ3v) is 3.93. The summed E-state index contributed by atoms with van der Waals surface area (Å²) in [4.78, 5) is 19.1. The van der Waals surface area contributed by atoms with Gasteiger partial charge in [-0.2, -0.15) is 0 Å². The minimum Gasteiger partial charge on any atom is -0.497 e. The van der Waals surface area contributed by atoms with Gasteiger partial charge in [0.1, 0.15) is 5.75 Å². The zero-order valence-corrected chi connectivity index (χ0v) is 12.7. The van der Waals surface area contributed by atoms with Gasteiger partial charge in [-0.05, 0) is 49.4 Å². The number of amidine groups is 1. The topological polar surface area (TPSA) is 41.9 Å². The van der Waals surface area contributed by atoms with Crippen LogP contribution in [0.25, 0.3) is 6.08 Å². The van der Waals surface area contributed by atoms with Gasteiger partial charge in [0, 0.05) is 13.1 Å². The van der Waals surface area contributed by atoms with E-state index in [-0.39, 0.29) is 5.91 Å². The van der Waals surface area contributed by atoms with Gasteiger partial charge >= 0.3 is 0 Å². The summed E-state index contributed by atoms with van der Waals surface area (Å²) in [7, 11) is 1.63. The van der Waals surface area contributed by atoms with Crippen LogP contribution in [0, 0.1) is 0 Å². The average Bonchev–Trinajstić information content (AvgIpc) is 2.75. The normalized spacial score (nSPS) is 19.1. The van der Waals surface area contributed by atoms with Gasteiger partial charge in [-0.25, -0.2) is 0 Å². The third-order valence-electron chi connectivity index (χ3n) is 2.89. The maximum atomic E-state index is 12.3. The molecule has 1 heterocycles. The zero-order chi connectivity index (χ0) is 14.5. The Morgan fingerprint density at radius 2 is 2.20 bits per heavy atom. The number of methoxy groups -OCH3 is 1. The highest BCUT2D eigenvalue weighted by Gasteiger charge is 2.31. The van der Waals surface area contributed by atoms with Crippen molar-refractivity contribution in [2.75, 3.05) is 20.2 Å². The van der Waals surface area contributed by atoms with Gasteiger partial charge < -0.3 is 4.74 Å². The molecule has 0 atom stereocenters. The molecular weight excluding hydrogens is 272 g/mol. The smallest absolute Gasteiger partial charge is 0.266 e. The summed E-state index contributed by atoms with van der Waals surface area (Å²) in [6, 6.07) is 7.66. The first-order chi connectivity index (χ1) is 9.69. The molecule has 0 unspecified atom stereocenters. The van der Waals surface area contributed by atoms with Crippen LogP contribution in [0.4, 0.5) is 0 Å². The van der Waals surface area contributed by atoms with Crippen LogP contribution in [-0.2, 0) is 4.79 Å². The van der Waals surface area contributed by atoms with Crippen molar-refractivity contribution in [2.24, 2.45) is 4.99 Å². The summed E-state index contributed by atoms with van der Waals surface area (Å²) in [5, 5.41) is 0.786. The summed E-state index contributed by atoms with van der Waals surface area (Å²) in [6.07, 6.45) is 1.89. The Bertz CT molecular complexity index is 567. The lowest BCUT2D eigenvalue weighted by molar-refractivity contribution is -0.122. The van der Waals surface area contributed by atoms with Gasteiger partial charge in [-0.15, -0.1) is 0 Å². The number of benzene rings is 1. The number of amides is 1. The molecule has 1 aromatic carbocycles. The van der Waals surface area contributed by atoms with Crippen LogP contribution >= 0.6 is 11.8 Å². The van der Waals surface area contributed by atoms with E-state index in [2.05, 4.69) is 4.99 Å². The van der Waals surface area contributed by atoms with Crippen molar-refractivity contribution in [1.82, 2.24) is 4.90 Å². The van der Waals surface area contributed by atoms with Crippen molar-refractivity contribution in [2.45, 2.75) is 13.8 Å². The quantitative estimate of drug-likeness (QED) is 0.801. The fourth-order valence-electron chi connectivity index (χ4n) is 1.92. The molecule has 0 bridgehead atoms. The van der Waals surface area contributed by atoms with Gasteiger partial charge in [-0.3, -0.25) is 14.7 Å². The molecule has 0 saturated carbocycles. The second-order valence-corrected chi connectivity index (χ2v) is 5.20. The van der Waals surface area contributed by atoms with Gasteiger partial charge in [-0.1, -0.05) is 12.1 Å². The van der Waals surface area contributed by atoms with Gasteiger partial charge in [0.05, 0.1) is 12.0 Å². The minimum absolute atomic E-state index is 0.0209. The van der Waals surface area contributed by atoms with E-state index in [9.17, 15) is 4.79 Å². The second-order valence-electron chi connectivity index (χ2n) is 4.19. The maximum Gasteiger partial charge on any atom is 0.266 e. The number of ether oxygens (including phenoxy) is 1. The van der Waals surface area contributed by atoms with Crippen molar-refractivity contribution in [3.05, 3.63) is 34.7 Å². The molecule has 0 N–H and O–H groups in total. The zero-order valence-electron chi connectivity index (χ0n) is 11.9. The summed E-state index contributed by atoms with van der Waals surface area (Å²) in [6.45, 7) is 5.24. The Balaban J connectivity index is 2.30. The number of carbonyl (C=O) groups excluding carboxylic acids is 1. The lowest BCUT2D eigenvalue weighted by Crippen LogP contribution is -2.28. The molecule has 2 rings (SSSR count). The van der Waals surface area contributed by atoms with Crippen LogP contribution in [0.3, 0.4) is 0 Å². The monoisotopic (exact) mass is 290 g/mol. The van der Waals surface area contributed by atoms with E-state index in [1.807, 2.05) is 44.2 Å². The number of thioether (sulfide) groups is 1. The minimum atomic E-state index is 0.0209. The molecule has 106 valence electrons. The van der Waals surface area contributed by atoms with E-state index in [0.29, 0.717) is 18.0 Å². The number of aliphatic imine (C=N–C) groups is 1. The lowest BCUT2D eigenvalue weighted by Gasteiger charge is -2.11. The molecule has 20 heavy (non-hydrogen) atoms. The summed E-state index contributed by atoms with van der Waals surface area (Å²) >= 11 is 1.43. The molecule has 0 aliphatic carbocycles. The van der Waals surface area contributed by atoms with Crippen LogP contribution in [0.2, 0.25) is 0 Å². The van der Waals surface area contributed by atoms with Crippen molar-refractivity contribution in [3.8, 4) is 5.75 Å². The van der Waals surface area contributed by atoms with Crippen LogP contribution in [0.1, 0.15) is 19.4 Å². The van der Waals surface area contributed by atoms with Crippen molar-refractivity contribution in [3.63, 3.8) is 0 Å². The molecule has 1 aliphatic rings. The molecule has 1 aliphatic heterocycles. The lowest BCUT2D eigenvalue weighted by atomic mass is 10.2. The second kappa shape index (κ2) is 6.61. The molecule has 0 spiro atoms. The average molecular weight is 290 g/mol. The van der Waals surface area contributed by atoms with Crippen LogP contribution in [0.15, 0.2) is 34.2 Å². The molecule has 0 radical (unpaired) electrons. The van der Waals surface area contributed by atoms with E-state index in [1.165, 1.54) is 11.8 Å². The van der Waals surface area contributed by atoms with Crippen LogP contribution in [-0.4, -0.2) is 36.2 Å². The first-order valence-electron chi connectivity index (χ1n) is 6.59. The number of likely N-dealkylation sites (N-methyl/N-ethyl adjacent to an activating group) is 1. The molecule has 0 aromatic heterocycles. The third kappa shape index (κ3) is 3.04. The van der Waals surface area contributed by atoms with Crippen LogP contribution < -0.4 is 4.74 Å². The molecule has 1 amide bonds. The molecular formula is C15H18N2O2S. The van der Waals surface area contributed by atoms with Gasteiger partial charge in [0.2, 0.25) is 0 Å². The number of rotatable bonds is 4. The fourth-order valence-corrected chi connectivity index (χ4v) is 3.03. The maximum absolute atomic E-state index is 12.3. The summed E-state index contributed by atoms with van der Waals surface area (Å²) < 4.78 is 5.19. The molecule has 1 aromatic rings. The summed E-state index contributed by atoms with van der Waals surface area (Å²) in [5.41, 5.74) is 0.953. The van der Waals surface area contributed by atoms with E-state index in [1.54, 1.807) is 12.0 Å². The molecule has 1 saturated heterocycles.